The molecule has 0 atom stereocenters. The van der Waals surface area contributed by atoms with Gasteiger partial charge in [-0.25, -0.2) is 0 Å². The Morgan fingerprint density at radius 2 is 1.16 bits per heavy atom. The molecule has 31 heavy (non-hydrogen) atoms. The van der Waals surface area contributed by atoms with Gasteiger partial charge in [-0.3, -0.25) is 0 Å². The van der Waals surface area contributed by atoms with Gasteiger partial charge in [-0.15, -0.1) is 0 Å². The molecule has 4 heteroatoms. The summed E-state index contributed by atoms with van der Waals surface area (Å²) in [5.41, 5.74) is 3.64. The average Bonchev–Trinajstić information content (AvgIpc) is 2.66. The molecule has 3 rings (SSSR count). The first-order valence-corrected chi connectivity index (χ1v) is 12.8. The van der Waals surface area contributed by atoms with Gasteiger partial charge in [0.25, 0.3) is 0 Å². The number of hydrogen-bond acceptors (Lipinski definition) is 3. The van der Waals surface area contributed by atoms with Crippen LogP contribution in [0.4, 0.5) is 0 Å². The molecule has 0 radical (unpaired) electrons. The van der Waals surface area contributed by atoms with Crippen LogP contribution in [0.5, 0.6) is 0 Å². The molecule has 3 N–H and O–H groups in total. The van der Waals surface area contributed by atoms with Gasteiger partial charge in [0, 0.05) is 0 Å². The van der Waals surface area contributed by atoms with Crippen molar-refractivity contribution in [3.8, 4) is 11.1 Å². The molecule has 0 fully saturated rings. The van der Waals surface area contributed by atoms with E-state index >= 15 is 0 Å². The molecule has 0 heterocycles. The molecule has 3 aromatic carbocycles. The van der Waals surface area contributed by atoms with Crippen LogP contribution in [0.25, 0.3) is 11.1 Å². The molecule has 0 saturated carbocycles. The van der Waals surface area contributed by atoms with Gasteiger partial charge in [0.1, 0.15) is 0 Å². The van der Waals surface area contributed by atoms with Crippen LogP contribution < -0.4 is 10.6 Å². The number of aryl methyl sites for hydroxylation is 1. The molecular weight excluding hydrogens is 403 g/mol. The number of rotatable bonds is 3. The average molecular weight is 439 g/mol. The Balaban J connectivity index is 2.61. The van der Waals surface area contributed by atoms with Crippen molar-refractivity contribution < 1.29 is 14.7 Å². The van der Waals surface area contributed by atoms with Crippen molar-refractivity contribution in [3.63, 3.8) is 0 Å². The summed E-state index contributed by atoms with van der Waals surface area (Å²) in [6.45, 7) is 14.3. The third kappa shape index (κ3) is 4.33. The Morgan fingerprint density at radius 3 is 1.61 bits per heavy atom. The van der Waals surface area contributed by atoms with Crippen molar-refractivity contribution in [1.29, 1.82) is 0 Å². The molecule has 3 nitrogen and oxygen atoms in total. The normalized spacial score (nSPS) is 14.2. The van der Waals surface area contributed by atoms with Crippen LogP contribution in [0.15, 0.2) is 66.7 Å². The summed E-state index contributed by atoms with van der Waals surface area (Å²) in [4.78, 5) is 35.4. The summed E-state index contributed by atoms with van der Waals surface area (Å²) < 4.78 is 0. The Morgan fingerprint density at radius 1 is 0.677 bits per heavy atom. The van der Waals surface area contributed by atoms with E-state index in [9.17, 15) is 14.7 Å². The maximum atomic E-state index is 11.8. The van der Waals surface area contributed by atoms with Crippen LogP contribution in [-0.4, -0.2) is 14.7 Å². The zero-order valence-electron chi connectivity index (χ0n) is 19.6. The zero-order valence-corrected chi connectivity index (χ0v) is 20.5. The van der Waals surface area contributed by atoms with E-state index in [-0.39, 0.29) is 10.6 Å². The van der Waals surface area contributed by atoms with Gasteiger partial charge in [0.2, 0.25) is 0 Å². The number of benzene rings is 3. The standard InChI is InChI=1S/C27H35O3P/c1-19-18-22(26(2,3)4)25(31(28,29,30)21-16-12-9-13-17-21)24(27(5,6)7)23(19)20-14-10-8-11-15-20/h8-18,28-30H,1-7H3. The second-order valence-corrected chi connectivity index (χ2v) is 13.4. The van der Waals surface area contributed by atoms with Gasteiger partial charge in [-0.05, 0) is 0 Å². The molecule has 0 aliphatic carbocycles. The van der Waals surface area contributed by atoms with E-state index in [0.29, 0.717) is 0 Å². The molecule has 0 aromatic heterocycles. The first-order valence-electron chi connectivity index (χ1n) is 10.7. The summed E-state index contributed by atoms with van der Waals surface area (Å²) in [6.07, 6.45) is 0. The van der Waals surface area contributed by atoms with Crippen molar-refractivity contribution in [2.75, 3.05) is 0 Å². The Hall–Kier alpha value is -2.03. The van der Waals surface area contributed by atoms with E-state index in [1.54, 1.807) is 30.3 Å². The first kappa shape index (κ1) is 23.6. The van der Waals surface area contributed by atoms with Crippen LogP contribution in [0.2, 0.25) is 0 Å². The van der Waals surface area contributed by atoms with Crippen LogP contribution in [0, 0.1) is 6.92 Å². The fraction of sp³-hybridized carbons (Fsp3) is 0.333. The topological polar surface area (TPSA) is 60.7 Å². The van der Waals surface area contributed by atoms with Gasteiger partial charge in [-0.1, -0.05) is 0 Å². The predicted molar refractivity (Wildman–Crippen MR) is 133 cm³/mol. The third-order valence-electron chi connectivity index (χ3n) is 5.76. The van der Waals surface area contributed by atoms with Gasteiger partial charge < -0.3 is 0 Å². The SMILES string of the molecule is Cc1cc(C(C)(C)C)c(P(O)(O)(O)c2ccccc2)c(C(C)(C)C)c1-c1ccccc1. The van der Waals surface area contributed by atoms with E-state index in [0.717, 1.165) is 27.8 Å². The Bertz CT molecular complexity index is 1080. The zero-order chi connectivity index (χ0) is 23.3. The van der Waals surface area contributed by atoms with Crippen molar-refractivity contribution in [1.82, 2.24) is 0 Å². The molecule has 166 valence electrons. The van der Waals surface area contributed by atoms with E-state index in [2.05, 4.69) is 27.7 Å². The van der Waals surface area contributed by atoms with Crippen LogP contribution in [-0.2, 0) is 10.8 Å². The molecule has 0 bridgehead atoms. The fourth-order valence-electron chi connectivity index (χ4n) is 4.35. The molecule has 0 saturated heterocycles. The minimum atomic E-state index is -5.46. The quantitative estimate of drug-likeness (QED) is 0.475. The van der Waals surface area contributed by atoms with Gasteiger partial charge >= 0.3 is 186 Å². The summed E-state index contributed by atoms with van der Waals surface area (Å²) >= 11 is 0. The molecular formula is C27H35O3P. The molecule has 0 amide bonds. The van der Waals surface area contributed by atoms with Crippen molar-refractivity contribution >= 4 is 17.9 Å². The molecule has 0 unspecified atom stereocenters. The van der Waals surface area contributed by atoms with Crippen molar-refractivity contribution in [3.05, 3.63) is 83.4 Å². The van der Waals surface area contributed by atoms with Gasteiger partial charge in [0.05, 0.1) is 0 Å². The monoisotopic (exact) mass is 438 g/mol. The van der Waals surface area contributed by atoms with Crippen molar-refractivity contribution in [2.45, 2.75) is 59.3 Å². The molecule has 0 aliphatic rings. The van der Waals surface area contributed by atoms with Crippen LogP contribution in [0.1, 0.15) is 58.2 Å². The molecule has 3 aromatic rings. The maximum absolute atomic E-state index is 11.8. The fourth-order valence-corrected chi connectivity index (χ4v) is 7.03. The predicted octanol–water partition coefficient (Wildman–Crippen LogP) is 5.48. The molecule has 0 spiro atoms. The summed E-state index contributed by atoms with van der Waals surface area (Å²) in [5.74, 6) is 0. The van der Waals surface area contributed by atoms with Gasteiger partial charge in [0.15, 0.2) is 0 Å². The molecule has 0 aliphatic heterocycles. The third-order valence-corrected chi connectivity index (χ3v) is 8.30. The van der Waals surface area contributed by atoms with E-state index < -0.39 is 18.1 Å². The number of hydrogen-bond donors (Lipinski definition) is 3. The van der Waals surface area contributed by atoms with Crippen LogP contribution in [0.3, 0.4) is 0 Å². The van der Waals surface area contributed by atoms with E-state index in [4.69, 9.17) is 0 Å². The first-order chi connectivity index (χ1) is 14.1. The van der Waals surface area contributed by atoms with Crippen molar-refractivity contribution in [2.24, 2.45) is 0 Å². The Kier molecular flexibility index (Phi) is 5.74. The second-order valence-electron chi connectivity index (χ2n) is 10.5. The summed E-state index contributed by atoms with van der Waals surface area (Å²) in [5, 5.41) is 0.411. The van der Waals surface area contributed by atoms with E-state index in [1.165, 1.54) is 0 Å². The van der Waals surface area contributed by atoms with E-state index in [1.807, 2.05) is 57.2 Å². The summed E-state index contributed by atoms with van der Waals surface area (Å²) in [7, 11) is -5.46. The Labute approximate surface area is 186 Å². The second kappa shape index (κ2) is 7.53. The minimum absolute atomic E-state index is 0.146. The van der Waals surface area contributed by atoms with Gasteiger partial charge in [-0.2, -0.15) is 0 Å². The summed E-state index contributed by atoms with van der Waals surface area (Å²) in [6, 6.07) is 20.4. The van der Waals surface area contributed by atoms with Crippen LogP contribution >= 0.6 is 7.28 Å².